The van der Waals surface area contributed by atoms with Crippen molar-refractivity contribution in [2.45, 2.75) is 44.7 Å². The molecule has 0 saturated carbocycles. The maximum atomic E-state index is 13.7. The Balaban J connectivity index is 1.76. The summed E-state index contributed by atoms with van der Waals surface area (Å²) in [7, 11) is 4.67. The lowest BCUT2D eigenvalue weighted by molar-refractivity contribution is -0.122. The highest BCUT2D eigenvalue weighted by molar-refractivity contribution is 7.98. The quantitative estimate of drug-likeness (QED) is 0.229. The minimum Gasteiger partial charge on any atom is -0.493 e. The first-order valence-electron chi connectivity index (χ1n) is 14.1. The number of hydrogen-bond donors (Lipinski definition) is 4. The minimum atomic E-state index is -0.624. The van der Waals surface area contributed by atoms with Crippen LogP contribution in [0.25, 0.3) is 11.1 Å². The van der Waals surface area contributed by atoms with Gasteiger partial charge in [0.15, 0.2) is 11.5 Å². The van der Waals surface area contributed by atoms with Crippen LogP contribution in [0.15, 0.2) is 41.6 Å². The summed E-state index contributed by atoms with van der Waals surface area (Å²) < 4.78 is 17.1. The number of imidazole rings is 1. The second kappa shape index (κ2) is 14.8. The fourth-order valence-electron chi connectivity index (χ4n) is 5.38. The number of ether oxygens (including phenoxy) is 3. The van der Waals surface area contributed by atoms with Crippen LogP contribution >= 0.6 is 11.8 Å². The summed E-state index contributed by atoms with van der Waals surface area (Å²) in [5, 5.41) is 9.20. The average Bonchev–Trinajstić information content (AvgIpc) is 3.41. The summed E-state index contributed by atoms with van der Waals surface area (Å²) in [6.07, 6.45) is 7.59. The van der Waals surface area contributed by atoms with E-state index in [4.69, 9.17) is 14.2 Å². The van der Waals surface area contributed by atoms with Gasteiger partial charge in [-0.1, -0.05) is 6.07 Å². The number of hydrogen-bond acceptors (Lipinski definition) is 9. The average molecular weight is 610 g/mol. The smallest absolute Gasteiger partial charge is 0.242 e. The van der Waals surface area contributed by atoms with Crippen LogP contribution in [-0.2, 0) is 22.4 Å². The number of aryl methyl sites for hydroxylation is 1. The van der Waals surface area contributed by atoms with E-state index >= 15 is 0 Å². The molecule has 0 saturated heterocycles. The fourth-order valence-corrected chi connectivity index (χ4v) is 5.86. The molecule has 1 aliphatic carbocycles. The first kappa shape index (κ1) is 31.7. The maximum absolute atomic E-state index is 13.7. The molecule has 11 nitrogen and oxygen atoms in total. The second-order valence-corrected chi connectivity index (χ2v) is 11.2. The lowest BCUT2D eigenvalue weighted by atomic mass is 9.95. The monoisotopic (exact) mass is 609 g/mol. The molecule has 1 aliphatic rings. The third-order valence-electron chi connectivity index (χ3n) is 7.42. The zero-order valence-corrected chi connectivity index (χ0v) is 26.0. The first-order valence-corrected chi connectivity index (χ1v) is 15.5. The van der Waals surface area contributed by atoms with Gasteiger partial charge in [0.25, 0.3) is 0 Å². The van der Waals surface area contributed by atoms with E-state index in [-0.39, 0.29) is 22.9 Å². The van der Waals surface area contributed by atoms with Crippen molar-refractivity contribution in [2.24, 2.45) is 0 Å². The highest BCUT2D eigenvalue weighted by Gasteiger charge is 2.30. The number of thioether (sulfide) groups is 1. The van der Waals surface area contributed by atoms with E-state index in [1.165, 1.54) is 6.92 Å². The number of amides is 2. The third-order valence-corrected chi connectivity index (χ3v) is 8.07. The van der Waals surface area contributed by atoms with Crippen molar-refractivity contribution in [3.05, 3.63) is 63.8 Å². The topological polar surface area (TPSA) is 144 Å². The third kappa shape index (κ3) is 7.42. The number of fused-ring (bicyclic) bond motifs is 3. The number of rotatable bonds is 13. The Bertz CT molecular complexity index is 1500. The molecule has 3 aromatic rings. The highest BCUT2D eigenvalue weighted by atomic mass is 32.2. The molecule has 0 bridgehead atoms. The normalized spacial score (nSPS) is 14.4. The van der Waals surface area contributed by atoms with Crippen molar-refractivity contribution < 1.29 is 23.8 Å². The van der Waals surface area contributed by atoms with Crippen LogP contribution in [0.5, 0.6) is 17.2 Å². The summed E-state index contributed by atoms with van der Waals surface area (Å²) >= 11 is 1.63. The molecular formula is C31H39N5O6S. The van der Waals surface area contributed by atoms with Crippen molar-refractivity contribution >= 4 is 29.3 Å². The number of carbonyl (C=O) groups excluding carboxylic acids is 2. The van der Waals surface area contributed by atoms with Gasteiger partial charge in [-0.2, -0.15) is 11.8 Å². The Morgan fingerprint density at radius 3 is 2.58 bits per heavy atom. The Morgan fingerprint density at radius 1 is 1.14 bits per heavy atom. The predicted molar refractivity (Wildman–Crippen MR) is 168 cm³/mol. The zero-order chi connectivity index (χ0) is 30.9. The van der Waals surface area contributed by atoms with Gasteiger partial charge < -0.3 is 35.1 Å². The molecule has 1 heterocycles. The molecule has 4 rings (SSSR count). The Hall–Kier alpha value is -4.19. The number of anilines is 1. The number of carbonyl (C=O) groups is 2. The van der Waals surface area contributed by atoms with E-state index in [0.717, 1.165) is 28.1 Å². The number of aromatic amines is 1. The minimum absolute atomic E-state index is 0.194. The molecule has 0 spiro atoms. The van der Waals surface area contributed by atoms with Gasteiger partial charge in [-0.15, -0.1) is 0 Å². The number of aromatic nitrogens is 2. The van der Waals surface area contributed by atoms with Crippen LogP contribution in [-0.4, -0.2) is 67.7 Å². The van der Waals surface area contributed by atoms with Crippen molar-refractivity contribution in [1.29, 1.82) is 0 Å². The Morgan fingerprint density at radius 2 is 1.93 bits per heavy atom. The van der Waals surface area contributed by atoms with Crippen LogP contribution < -0.4 is 35.6 Å². The first-order chi connectivity index (χ1) is 20.8. The summed E-state index contributed by atoms with van der Waals surface area (Å²) in [6, 6.07) is 5.95. The maximum Gasteiger partial charge on any atom is 0.242 e. The van der Waals surface area contributed by atoms with Gasteiger partial charge in [0, 0.05) is 37.3 Å². The number of H-pyrrole nitrogens is 1. The van der Waals surface area contributed by atoms with Gasteiger partial charge in [0.2, 0.25) is 23.0 Å². The molecule has 0 aliphatic heterocycles. The fraction of sp³-hybridized carbons (Fsp3) is 0.419. The molecule has 4 N–H and O–H groups in total. The molecule has 2 aromatic carbocycles. The van der Waals surface area contributed by atoms with Gasteiger partial charge in [0.1, 0.15) is 6.04 Å². The van der Waals surface area contributed by atoms with E-state index < -0.39 is 12.1 Å². The molecule has 230 valence electrons. The molecular weight excluding hydrogens is 570 g/mol. The molecule has 12 heteroatoms. The second-order valence-electron chi connectivity index (χ2n) is 10.2. The lowest BCUT2D eigenvalue weighted by Gasteiger charge is -2.19. The van der Waals surface area contributed by atoms with Gasteiger partial charge in [0.05, 0.1) is 39.4 Å². The number of methoxy groups -OCH3 is 3. The van der Waals surface area contributed by atoms with Crippen LogP contribution in [0.1, 0.15) is 42.6 Å². The van der Waals surface area contributed by atoms with Crippen LogP contribution in [0.2, 0.25) is 0 Å². The number of nitrogens with one attached hydrogen (secondary N) is 4. The number of nitrogens with zero attached hydrogens (tertiary/aromatic N) is 1. The van der Waals surface area contributed by atoms with Crippen LogP contribution in [0, 0.1) is 0 Å². The van der Waals surface area contributed by atoms with Gasteiger partial charge in [-0.3, -0.25) is 14.4 Å². The van der Waals surface area contributed by atoms with Gasteiger partial charge in [-0.25, -0.2) is 4.98 Å². The molecule has 1 aromatic heterocycles. The SMILES string of the molecule is COc1cc2c(c(OC)c1OC)-c1ccc(N[C@H](CCSC)C(=O)NCCc3cnc[nH]3)c(=O)cc1[C@H](NC(C)=O)CC2. The van der Waals surface area contributed by atoms with Crippen molar-refractivity contribution in [2.75, 3.05) is 45.2 Å². The summed E-state index contributed by atoms with van der Waals surface area (Å²) in [4.78, 5) is 46.2. The van der Waals surface area contributed by atoms with E-state index in [1.54, 1.807) is 57.7 Å². The molecule has 0 fully saturated rings. The van der Waals surface area contributed by atoms with E-state index in [2.05, 4.69) is 25.9 Å². The Kier molecular flexibility index (Phi) is 10.9. The van der Waals surface area contributed by atoms with E-state index in [1.807, 2.05) is 18.4 Å². The summed E-state index contributed by atoms with van der Waals surface area (Å²) in [6.45, 7) is 1.89. The van der Waals surface area contributed by atoms with Gasteiger partial charge >= 0.3 is 0 Å². The van der Waals surface area contributed by atoms with Crippen LogP contribution in [0.3, 0.4) is 0 Å². The van der Waals surface area contributed by atoms with Crippen molar-refractivity contribution in [3.8, 4) is 28.4 Å². The molecule has 0 radical (unpaired) electrons. The summed E-state index contributed by atoms with van der Waals surface area (Å²) in [5.74, 6) is 1.77. The zero-order valence-electron chi connectivity index (χ0n) is 25.2. The van der Waals surface area contributed by atoms with E-state index in [9.17, 15) is 14.4 Å². The molecule has 43 heavy (non-hydrogen) atoms. The molecule has 0 unspecified atom stereocenters. The van der Waals surface area contributed by atoms with Gasteiger partial charge in [-0.05, 0) is 66.2 Å². The number of benzene rings is 1. The van der Waals surface area contributed by atoms with Crippen molar-refractivity contribution in [1.82, 2.24) is 20.6 Å². The lowest BCUT2D eigenvalue weighted by Crippen LogP contribution is -2.41. The molecule has 2 amide bonds. The highest BCUT2D eigenvalue weighted by Crippen LogP contribution is 2.50. The Labute approximate surface area is 255 Å². The molecule has 2 atom stereocenters. The van der Waals surface area contributed by atoms with Crippen molar-refractivity contribution in [3.63, 3.8) is 0 Å². The van der Waals surface area contributed by atoms with Crippen LogP contribution in [0.4, 0.5) is 5.69 Å². The van der Waals surface area contributed by atoms with E-state index in [0.29, 0.717) is 55.0 Å². The predicted octanol–water partition coefficient (Wildman–Crippen LogP) is 3.48. The largest absolute Gasteiger partial charge is 0.493 e. The standard InChI is InChI=1S/C31H39N5O6S/c1-18(37)35-23-8-6-19-14-27(40-2)29(41-3)30(42-4)28(19)21-7-9-24(26(38)15-22(21)23)36-25(11-13-43-5)31(39)33-12-10-20-16-32-17-34-20/h7,9,14-17,23,25H,6,8,10-13H2,1-5H3,(H,32,34)(H,33,39)(H,35,37)(H,36,38)/t23-,25-/m1/s1. The summed E-state index contributed by atoms with van der Waals surface area (Å²) in [5.41, 5.74) is 3.99.